The van der Waals surface area contributed by atoms with E-state index in [4.69, 9.17) is 4.98 Å². The van der Waals surface area contributed by atoms with Crippen molar-refractivity contribution in [1.82, 2.24) is 20.1 Å². The largest absolute Gasteiger partial charge is 0.324 e. The van der Waals surface area contributed by atoms with Gasteiger partial charge >= 0.3 is 6.03 Å². The molecule has 2 aliphatic heterocycles. The first kappa shape index (κ1) is 25.8. The van der Waals surface area contributed by atoms with Crippen LogP contribution in [0.3, 0.4) is 0 Å². The lowest BCUT2D eigenvalue weighted by Crippen LogP contribution is -2.57. The second kappa shape index (κ2) is 10.9. The third-order valence-corrected chi connectivity index (χ3v) is 7.44. The Hall–Kier alpha value is -3.87. The number of hydrogen-bond donors (Lipinski definition) is 2. The first-order valence-corrected chi connectivity index (χ1v) is 12.7. The number of benzene rings is 2. The number of carbonyl (C=O) groups is 1. The van der Waals surface area contributed by atoms with E-state index < -0.39 is 11.6 Å². The quantitative estimate of drug-likeness (QED) is 0.524. The molecule has 1 aromatic heterocycles. The first-order valence-electron chi connectivity index (χ1n) is 12.7. The highest BCUT2D eigenvalue weighted by Gasteiger charge is 2.44. The lowest BCUT2D eigenvalue weighted by atomic mass is 9.72. The van der Waals surface area contributed by atoms with Gasteiger partial charge in [0.25, 0.3) is 0 Å². The van der Waals surface area contributed by atoms with Gasteiger partial charge in [0.2, 0.25) is 0 Å². The number of anilines is 1. The molecule has 7 nitrogen and oxygen atoms in total. The summed E-state index contributed by atoms with van der Waals surface area (Å²) in [6.45, 7) is 3.36. The molecular weight excluding hydrogens is 486 g/mol. The zero-order valence-electron chi connectivity index (χ0n) is 21.4. The standard InChI is InChI=1S/C29H30F2N6O/c1-33-12-18-3-5-26(20(7-18)11-32)19-4-6-27(34-13-19)28-21-14-36(2)15-22(28)17-37(16-21)29(38)35-25-9-23(30)8-24(31)10-25/h3-10,13,21-22,28,33H,12,14-17H2,1-2H3,(H,35,38). The second-order valence-electron chi connectivity index (χ2n) is 10.3. The summed E-state index contributed by atoms with van der Waals surface area (Å²) in [6, 6.07) is 14.9. The molecule has 2 amide bonds. The summed E-state index contributed by atoms with van der Waals surface area (Å²) in [6.07, 6.45) is 1.83. The molecule has 38 heavy (non-hydrogen) atoms. The van der Waals surface area contributed by atoms with Crippen molar-refractivity contribution in [3.8, 4) is 17.2 Å². The molecule has 0 aliphatic carbocycles. The van der Waals surface area contributed by atoms with Crippen molar-refractivity contribution >= 4 is 11.7 Å². The Morgan fingerprint density at radius 1 is 1.05 bits per heavy atom. The summed E-state index contributed by atoms with van der Waals surface area (Å²) < 4.78 is 27.2. The van der Waals surface area contributed by atoms with E-state index in [0.717, 1.165) is 53.7 Å². The van der Waals surface area contributed by atoms with Gasteiger partial charge in [0, 0.05) is 73.4 Å². The highest BCUT2D eigenvalue weighted by Crippen LogP contribution is 2.41. The molecule has 9 heteroatoms. The summed E-state index contributed by atoms with van der Waals surface area (Å²) in [5, 5.41) is 15.4. The molecule has 0 spiro atoms. The SMILES string of the molecule is CNCc1ccc(-c2ccc(C3C4CN(C)CC3CN(C(=O)Nc3cc(F)cc(F)c3)C4)nc2)c(C#N)c1. The molecule has 0 saturated carbocycles. The number of carbonyl (C=O) groups excluding carboxylic acids is 1. The Bertz CT molecular complexity index is 1340. The van der Waals surface area contributed by atoms with E-state index in [-0.39, 0.29) is 29.5 Å². The van der Waals surface area contributed by atoms with Crippen LogP contribution in [-0.2, 0) is 6.54 Å². The molecule has 2 bridgehead atoms. The lowest BCUT2D eigenvalue weighted by Gasteiger charge is -2.49. The normalized spacial score (nSPS) is 21.1. The molecule has 2 saturated heterocycles. The molecule has 2 aromatic carbocycles. The van der Waals surface area contributed by atoms with Crippen LogP contribution in [0.2, 0.25) is 0 Å². The Morgan fingerprint density at radius 3 is 2.37 bits per heavy atom. The van der Waals surface area contributed by atoms with E-state index in [1.54, 1.807) is 4.90 Å². The Balaban J connectivity index is 1.34. The number of nitrogens with zero attached hydrogens (tertiary/aromatic N) is 4. The van der Waals surface area contributed by atoms with Crippen molar-refractivity contribution in [3.05, 3.63) is 83.2 Å². The highest BCUT2D eigenvalue weighted by molar-refractivity contribution is 5.89. The van der Waals surface area contributed by atoms with Gasteiger partial charge < -0.3 is 20.4 Å². The van der Waals surface area contributed by atoms with Gasteiger partial charge in [-0.25, -0.2) is 13.6 Å². The van der Waals surface area contributed by atoms with Crippen LogP contribution in [-0.4, -0.2) is 61.1 Å². The van der Waals surface area contributed by atoms with Crippen LogP contribution >= 0.6 is 0 Å². The Kier molecular flexibility index (Phi) is 7.36. The zero-order valence-corrected chi connectivity index (χ0v) is 21.4. The van der Waals surface area contributed by atoms with Gasteiger partial charge in [-0.15, -0.1) is 0 Å². The molecular formula is C29H30F2N6O. The fourth-order valence-corrected chi connectivity index (χ4v) is 5.96. The number of urea groups is 1. The van der Waals surface area contributed by atoms with Crippen molar-refractivity contribution < 1.29 is 13.6 Å². The van der Waals surface area contributed by atoms with Crippen LogP contribution in [0.5, 0.6) is 0 Å². The minimum atomic E-state index is -0.733. The number of pyridine rings is 1. The Morgan fingerprint density at radius 2 is 1.76 bits per heavy atom. The summed E-state index contributed by atoms with van der Waals surface area (Å²) in [5.74, 6) is -0.956. The van der Waals surface area contributed by atoms with Crippen LogP contribution in [0, 0.1) is 34.8 Å². The van der Waals surface area contributed by atoms with Gasteiger partial charge in [-0.1, -0.05) is 18.2 Å². The van der Waals surface area contributed by atoms with E-state index in [1.807, 2.05) is 43.6 Å². The van der Waals surface area contributed by atoms with Crippen molar-refractivity contribution in [3.63, 3.8) is 0 Å². The minimum Gasteiger partial charge on any atom is -0.324 e. The van der Waals surface area contributed by atoms with Gasteiger partial charge in [-0.3, -0.25) is 4.98 Å². The zero-order chi connectivity index (χ0) is 26.8. The molecule has 2 aliphatic rings. The van der Waals surface area contributed by atoms with Gasteiger partial charge in [0.05, 0.1) is 11.6 Å². The molecule has 2 atom stereocenters. The maximum Gasteiger partial charge on any atom is 0.321 e. The van der Waals surface area contributed by atoms with E-state index in [9.17, 15) is 18.8 Å². The number of nitrogens with one attached hydrogen (secondary N) is 2. The van der Waals surface area contributed by atoms with Crippen LogP contribution in [0.15, 0.2) is 54.7 Å². The summed E-state index contributed by atoms with van der Waals surface area (Å²) in [7, 11) is 3.96. The third-order valence-electron chi connectivity index (χ3n) is 7.44. The van der Waals surface area contributed by atoms with E-state index >= 15 is 0 Å². The first-order chi connectivity index (χ1) is 18.3. The van der Waals surface area contributed by atoms with Crippen molar-refractivity contribution in [2.75, 3.05) is 45.6 Å². The summed E-state index contributed by atoms with van der Waals surface area (Å²) in [5.41, 5.74) is 4.49. The maximum absolute atomic E-state index is 13.6. The lowest BCUT2D eigenvalue weighted by molar-refractivity contribution is 0.0387. The number of piperidine rings is 2. The number of amides is 2. The summed E-state index contributed by atoms with van der Waals surface area (Å²) in [4.78, 5) is 21.8. The van der Waals surface area contributed by atoms with E-state index in [0.29, 0.717) is 25.2 Å². The second-order valence-corrected chi connectivity index (χ2v) is 10.3. The fraction of sp³-hybridized carbons (Fsp3) is 0.345. The minimum absolute atomic E-state index is 0.102. The van der Waals surface area contributed by atoms with Gasteiger partial charge in [-0.2, -0.15) is 5.26 Å². The van der Waals surface area contributed by atoms with E-state index in [1.165, 1.54) is 0 Å². The number of rotatable bonds is 5. The van der Waals surface area contributed by atoms with E-state index in [2.05, 4.69) is 28.7 Å². The Labute approximate surface area is 221 Å². The number of hydrogen-bond acceptors (Lipinski definition) is 5. The third kappa shape index (κ3) is 5.37. The number of aromatic nitrogens is 1. The van der Waals surface area contributed by atoms with Crippen molar-refractivity contribution in [2.45, 2.75) is 12.5 Å². The molecule has 3 aromatic rings. The average molecular weight is 517 g/mol. The van der Waals surface area contributed by atoms with Crippen LogP contribution in [0.1, 0.15) is 22.7 Å². The number of likely N-dealkylation sites (tertiary alicyclic amines) is 2. The van der Waals surface area contributed by atoms with Gasteiger partial charge in [0.15, 0.2) is 0 Å². The number of fused-ring (bicyclic) bond motifs is 2. The molecule has 5 rings (SSSR count). The van der Waals surface area contributed by atoms with Crippen LogP contribution in [0.25, 0.3) is 11.1 Å². The maximum atomic E-state index is 13.6. The molecule has 3 heterocycles. The molecule has 2 unspecified atom stereocenters. The van der Waals surface area contributed by atoms with Crippen LogP contribution in [0.4, 0.5) is 19.3 Å². The van der Waals surface area contributed by atoms with Gasteiger partial charge in [0.1, 0.15) is 11.6 Å². The topological polar surface area (TPSA) is 84.3 Å². The van der Waals surface area contributed by atoms with Crippen LogP contribution < -0.4 is 10.6 Å². The van der Waals surface area contributed by atoms with Crippen molar-refractivity contribution in [1.29, 1.82) is 5.26 Å². The smallest absolute Gasteiger partial charge is 0.321 e. The molecule has 0 radical (unpaired) electrons. The summed E-state index contributed by atoms with van der Waals surface area (Å²) >= 11 is 0. The van der Waals surface area contributed by atoms with Crippen molar-refractivity contribution in [2.24, 2.45) is 11.8 Å². The number of nitriles is 1. The molecule has 196 valence electrons. The average Bonchev–Trinajstić information content (AvgIpc) is 2.87. The number of halogens is 2. The van der Waals surface area contributed by atoms with Gasteiger partial charge in [-0.05, 0) is 55.8 Å². The predicted molar refractivity (Wildman–Crippen MR) is 141 cm³/mol. The molecule has 2 fully saturated rings. The monoisotopic (exact) mass is 516 g/mol. The highest BCUT2D eigenvalue weighted by atomic mass is 19.1. The predicted octanol–water partition coefficient (Wildman–Crippen LogP) is 4.43. The fourth-order valence-electron chi connectivity index (χ4n) is 5.96. The molecule has 2 N–H and O–H groups in total.